The van der Waals surface area contributed by atoms with Crippen LogP contribution in [0, 0.1) is 0 Å². The number of rotatable bonds is 1. The minimum absolute atomic E-state index is 0. The predicted molar refractivity (Wildman–Crippen MR) is 37.0 cm³/mol. The zero-order valence-electron chi connectivity index (χ0n) is 6.29. The first-order valence-corrected chi connectivity index (χ1v) is 5.01. The Kier molecular flexibility index (Phi) is 4.92. The van der Waals surface area contributed by atoms with Crippen molar-refractivity contribution in [3.63, 3.8) is 0 Å². The molecule has 0 saturated heterocycles. The van der Waals surface area contributed by atoms with Crippen molar-refractivity contribution in [1.29, 1.82) is 0 Å². The van der Waals surface area contributed by atoms with Gasteiger partial charge in [0.2, 0.25) is 0 Å². The summed E-state index contributed by atoms with van der Waals surface area (Å²) < 4.78 is 31.2. The summed E-state index contributed by atoms with van der Waals surface area (Å²) in [4.78, 5) is 0. The molecule has 1 fully saturated rings. The monoisotopic (exact) mass is 206 g/mol. The summed E-state index contributed by atoms with van der Waals surface area (Å²) in [5, 5.41) is -1.29. The topological polar surface area (TPSA) is 57.2 Å². The van der Waals surface area contributed by atoms with E-state index in [4.69, 9.17) is 11.6 Å². The molecule has 60 valence electrons. The molecule has 0 heterocycles. The van der Waals surface area contributed by atoms with E-state index in [-0.39, 0.29) is 29.6 Å². The Labute approximate surface area is 93.5 Å². The van der Waals surface area contributed by atoms with Crippen molar-refractivity contribution in [2.24, 2.45) is 0 Å². The quantitative estimate of drug-likeness (QED) is 0.275. The summed E-state index contributed by atoms with van der Waals surface area (Å²) in [7, 11) is -4.13. The van der Waals surface area contributed by atoms with Crippen LogP contribution in [0.5, 0.6) is 0 Å². The van der Waals surface area contributed by atoms with Crippen LogP contribution in [0.4, 0.5) is 0 Å². The molecule has 1 saturated carbocycles. The Bertz CT molecular complexity index is 216. The Morgan fingerprint density at radius 3 is 2.09 bits per heavy atom. The summed E-state index contributed by atoms with van der Waals surface area (Å²) in [5.41, 5.74) is 0. The molecule has 0 amide bonds. The van der Waals surface area contributed by atoms with Crippen molar-refractivity contribution in [2.75, 3.05) is 0 Å². The Hall–Kier alpha value is 1.20. The zero-order valence-corrected chi connectivity index (χ0v) is 9.86. The molecule has 0 aromatic carbocycles. The Morgan fingerprint density at radius 1 is 1.36 bits per heavy atom. The van der Waals surface area contributed by atoms with Gasteiger partial charge in [0, 0.05) is 5.38 Å². The molecule has 2 atom stereocenters. The molecule has 6 heteroatoms. The largest absolute Gasteiger partial charge is 1.00 e. The van der Waals surface area contributed by atoms with Crippen LogP contribution >= 0.6 is 11.6 Å². The molecule has 0 unspecified atom stereocenters. The van der Waals surface area contributed by atoms with E-state index in [1.54, 1.807) is 0 Å². The fraction of sp³-hybridized carbons (Fsp3) is 1.00. The van der Waals surface area contributed by atoms with Gasteiger partial charge in [-0.15, -0.1) is 11.6 Å². The van der Waals surface area contributed by atoms with Crippen LogP contribution in [-0.2, 0) is 10.1 Å². The third-order valence-electron chi connectivity index (χ3n) is 1.74. The van der Waals surface area contributed by atoms with Gasteiger partial charge in [-0.2, -0.15) is 0 Å². The van der Waals surface area contributed by atoms with Crippen molar-refractivity contribution < 1.29 is 42.5 Å². The van der Waals surface area contributed by atoms with Crippen LogP contribution in [0.2, 0.25) is 0 Å². The van der Waals surface area contributed by atoms with Gasteiger partial charge in [-0.3, -0.25) is 0 Å². The van der Waals surface area contributed by atoms with Gasteiger partial charge in [0.05, 0.1) is 15.4 Å². The fourth-order valence-electron chi connectivity index (χ4n) is 1.21. The van der Waals surface area contributed by atoms with Crippen LogP contribution in [0.3, 0.4) is 0 Å². The van der Waals surface area contributed by atoms with Gasteiger partial charge in [0.15, 0.2) is 0 Å². The molecule has 0 aromatic rings. The molecule has 0 aliphatic heterocycles. The summed E-state index contributed by atoms with van der Waals surface area (Å²) in [6.07, 6.45) is 1.83. The third-order valence-corrected chi connectivity index (χ3v) is 3.72. The fourth-order valence-corrected chi connectivity index (χ4v) is 2.82. The van der Waals surface area contributed by atoms with Crippen LogP contribution in [0.25, 0.3) is 0 Å². The number of hydrogen-bond acceptors (Lipinski definition) is 3. The first-order chi connectivity index (χ1) is 4.52. The standard InChI is InChI=1S/C5H9ClO3S.Na/c6-4-2-1-3-5(4)10(7,8)9;/h4-5H,1-3H2,(H,7,8,9);/q;+1/p-1/t4-,5-;/m1./s1. The number of alkyl halides is 1. The molecular weight excluding hydrogens is 199 g/mol. The molecule has 0 N–H and O–H groups in total. The van der Waals surface area contributed by atoms with Crippen molar-refractivity contribution in [2.45, 2.75) is 29.9 Å². The molecule has 0 bridgehead atoms. The van der Waals surface area contributed by atoms with E-state index < -0.39 is 20.7 Å². The summed E-state index contributed by atoms with van der Waals surface area (Å²) in [6.45, 7) is 0. The third kappa shape index (κ3) is 3.20. The summed E-state index contributed by atoms with van der Waals surface area (Å²) in [6, 6.07) is 0. The van der Waals surface area contributed by atoms with E-state index in [1.807, 2.05) is 0 Å². The average Bonchev–Trinajstić information content (AvgIpc) is 2.11. The van der Waals surface area contributed by atoms with Crippen molar-refractivity contribution in [3.8, 4) is 0 Å². The van der Waals surface area contributed by atoms with Crippen molar-refractivity contribution in [3.05, 3.63) is 0 Å². The number of halogens is 1. The van der Waals surface area contributed by atoms with Crippen molar-refractivity contribution >= 4 is 21.7 Å². The number of hydrogen-bond donors (Lipinski definition) is 0. The van der Waals surface area contributed by atoms with Crippen LogP contribution in [0.1, 0.15) is 19.3 Å². The minimum Gasteiger partial charge on any atom is -0.748 e. The van der Waals surface area contributed by atoms with Gasteiger partial charge in [-0.25, -0.2) is 8.42 Å². The smallest absolute Gasteiger partial charge is 0.748 e. The van der Waals surface area contributed by atoms with Gasteiger partial charge in [0.25, 0.3) is 0 Å². The van der Waals surface area contributed by atoms with E-state index in [9.17, 15) is 13.0 Å². The molecule has 0 radical (unpaired) electrons. The maximum absolute atomic E-state index is 10.4. The van der Waals surface area contributed by atoms with Gasteiger partial charge in [-0.05, 0) is 12.8 Å². The first-order valence-electron chi connectivity index (χ1n) is 3.10. The van der Waals surface area contributed by atoms with Crippen molar-refractivity contribution in [1.82, 2.24) is 0 Å². The minimum atomic E-state index is -4.13. The SMILES string of the molecule is O=S(=O)([O-])[C@@H]1CCC[C@H]1Cl.[Na+]. The maximum atomic E-state index is 10.4. The van der Waals surface area contributed by atoms with E-state index in [0.29, 0.717) is 12.8 Å². The Morgan fingerprint density at radius 2 is 1.91 bits per heavy atom. The zero-order chi connectivity index (χ0) is 7.78. The second-order valence-corrected chi connectivity index (χ2v) is 4.63. The average molecular weight is 207 g/mol. The molecule has 3 nitrogen and oxygen atoms in total. The van der Waals surface area contributed by atoms with Gasteiger partial charge in [0.1, 0.15) is 0 Å². The Balaban J connectivity index is 0.000001000. The first kappa shape index (κ1) is 12.2. The van der Waals surface area contributed by atoms with Crippen LogP contribution in [0.15, 0.2) is 0 Å². The molecule has 0 spiro atoms. The van der Waals surface area contributed by atoms with E-state index >= 15 is 0 Å². The van der Waals surface area contributed by atoms with Gasteiger partial charge < -0.3 is 4.55 Å². The summed E-state index contributed by atoms with van der Waals surface area (Å²) in [5.74, 6) is 0. The molecule has 1 aliphatic carbocycles. The van der Waals surface area contributed by atoms with E-state index in [1.165, 1.54) is 0 Å². The maximum Gasteiger partial charge on any atom is 1.00 e. The molecule has 1 rings (SSSR count). The molecule has 11 heavy (non-hydrogen) atoms. The molecular formula is C5H8ClNaO3S. The molecule has 0 aromatic heterocycles. The van der Waals surface area contributed by atoms with Crippen LogP contribution in [-0.4, -0.2) is 23.6 Å². The van der Waals surface area contributed by atoms with Gasteiger partial charge >= 0.3 is 29.6 Å². The van der Waals surface area contributed by atoms with Crippen LogP contribution < -0.4 is 29.6 Å². The molecule has 1 aliphatic rings. The predicted octanol–water partition coefficient (Wildman–Crippen LogP) is -2.30. The second kappa shape index (κ2) is 4.44. The van der Waals surface area contributed by atoms with E-state index in [0.717, 1.165) is 6.42 Å². The van der Waals surface area contributed by atoms with Gasteiger partial charge in [-0.1, -0.05) is 6.42 Å². The summed E-state index contributed by atoms with van der Waals surface area (Å²) >= 11 is 5.58. The normalized spacial score (nSPS) is 31.5. The second-order valence-electron chi connectivity index (χ2n) is 2.48. The van der Waals surface area contributed by atoms with E-state index in [2.05, 4.69) is 0 Å².